The van der Waals surface area contributed by atoms with Gasteiger partial charge in [-0.3, -0.25) is 0 Å². The first kappa shape index (κ1) is 13.3. The van der Waals surface area contributed by atoms with E-state index in [2.05, 4.69) is 15.5 Å². The average molecular weight is 245 g/mol. The third-order valence-corrected chi connectivity index (χ3v) is 3.51. The highest BCUT2D eigenvalue weighted by molar-refractivity contribution is 7.99. The highest BCUT2D eigenvalue weighted by Gasteiger charge is 2.18. The van der Waals surface area contributed by atoms with Crippen LogP contribution in [0.2, 0.25) is 0 Å². The fourth-order valence-electron chi connectivity index (χ4n) is 1.25. The lowest BCUT2D eigenvalue weighted by Crippen LogP contribution is -2.31. The van der Waals surface area contributed by atoms with Gasteiger partial charge < -0.3 is 14.9 Å². The first-order chi connectivity index (χ1) is 7.58. The van der Waals surface area contributed by atoms with Crippen molar-refractivity contribution in [2.45, 2.75) is 38.0 Å². The number of aliphatic hydroxyl groups excluding tert-OH is 1. The summed E-state index contributed by atoms with van der Waals surface area (Å²) in [4.78, 5) is 4.22. The predicted octanol–water partition coefficient (Wildman–Crippen LogP) is 1.72. The maximum Gasteiger partial charge on any atom is 0.321 e. The van der Waals surface area contributed by atoms with E-state index in [1.165, 1.54) is 0 Å². The van der Waals surface area contributed by atoms with Gasteiger partial charge in [0.25, 0.3) is 0 Å². The molecule has 0 amide bonds. The molecule has 0 spiro atoms. The minimum atomic E-state index is 0.0838. The Bertz CT molecular complexity index is 313. The van der Waals surface area contributed by atoms with Crippen molar-refractivity contribution in [3.05, 3.63) is 5.82 Å². The Morgan fingerprint density at radius 1 is 1.44 bits per heavy atom. The summed E-state index contributed by atoms with van der Waals surface area (Å²) in [5.41, 5.74) is 0. The highest BCUT2D eigenvalue weighted by Crippen LogP contribution is 2.17. The summed E-state index contributed by atoms with van der Waals surface area (Å²) in [6, 6.07) is 0.504. The molecule has 2 N–H and O–H groups in total. The van der Waals surface area contributed by atoms with Crippen LogP contribution in [0.3, 0.4) is 0 Å². The van der Waals surface area contributed by atoms with Gasteiger partial charge in [0.2, 0.25) is 0 Å². The monoisotopic (exact) mass is 245 g/mol. The topological polar surface area (TPSA) is 71.2 Å². The molecule has 0 aromatic carbocycles. The molecule has 6 heteroatoms. The van der Waals surface area contributed by atoms with Crippen molar-refractivity contribution in [3.8, 4) is 0 Å². The van der Waals surface area contributed by atoms with E-state index in [9.17, 15) is 0 Å². The number of nitrogens with zero attached hydrogens (tertiary/aromatic N) is 2. The molecular weight excluding hydrogens is 226 g/mol. The van der Waals surface area contributed by atoms with Gasteiger partial charge in [-0.2, -0.15) is 16.7 Å². The summed E-state index contributed by atoms with van der Waals surface area (Å²) >= 11 is 1.61. The SMILES string of the molecule is CS[C@@H](CO)[C@H](C)Nc1nc(C(C)C)no1. The average Bonchev–Trinajstić information content (AvgIpc) is 2.68. The molecule has 1 aromatic rings. The van der Waals surface area contributed by atoms with Crippen LogP contribution in [0.5, 0.6) is 0 Å². The largest absolute Gasteiger partial charge is 0.395 e. The molecule has 16 heavy (non-hydrogen) atoms. The van der Waals surface area contributed by atoms with Crippen molar-refractivity contribution in [2.24, 2.45) is 0 Å². The number of aromatic nitrogens is 2. The van der Waals surface area contributed by atoms with Crippen LogP contribution >= 0.6 is 11.8 Å². The summed E-state index contributed by atoms with van der Waals surface area (Å²) in [7, 11) is 0. The van der Waals surface area contributed by atoms with E-state index >= 15 is 0 Å². The van der Waals surface area contributed by atoms with E-state index in [1.54, 1.807) is 11.8 Å². The van der Waals surface area contributed by atoms with Crippen molar-refractivity contribution < 1.29 is 9.63 Å². The number of hydrogen-bond donors (Lipinski definition) is 2. The fourth-order valence-corrected chi connectivity index (χ4v) is 1.88. The number of rotatable bonds is 6. The summed E-state index contributed by atoms with van der Waals surface area (Å²) in [6.07, 6.45) is 1.96. The third kappa shape index (κ3) is 3.38. The second-order valence-corrected chi connectivity index (χ2v) is 5.08. The summed E-state index contributed by atoms with van der Waals surface area (Å²) in [5, 5.41) is 16.2. The predicted molar refractivity (Wildman–Crippen MR) is 65.9 cm³/mol. The number of aliphatic hydroxyl groups is 1. The molecule has 0 radical (unpaired) electrons. The minimum Gasteiger partial charge on any atom is -0.395 e. The van der Waals surface area contributed by atoms with Crippen molar-refractivity contribution in [3.63, 3.8) is 0 Å². The Hall–Kier alpha value is -0.750. The molecule has 0 aliphatic heterocycles. The molecule has 1 heterocycles. The lowest BCUT2D eigenvalue weighted by molar-refractivity contribution is 0.287. The van der Waals surface area contributed by atoms with E-state index in [1.807, 2.05) is 27.0 Å². The van der Waals surface area contributed by atoms with Gasteiger partial charge in [0, 0.05) is 17.2 Å². The van der Waals surface area contributed by atoms with Crippen LogP contribution < -0.4 is 5.32 Å². The Labute approximate surface area is 100 Å². The van der Waals surface area contributed by atoms with Gasteiger partial charge in [0.05, 0.1) is 6.61 Å². The van der Waals surface area contributed by atoms with Crippen LogP contribution in [0, 0.1) is 0 Å². The lowest BCUT2D eigenvalue weighted by atomic mass is 10.2. The van der Waals surface area contributed by atoms with Gasteiger partial charge in [-0.15, -0.1) is 0 Å². The van der Waals surface area contributed by atoms with Crippen LogP contribution in [-0.2, 0) is 0 Å². The Morgan fingerprint density at radius 3 is 2.56 bits per heavy atom. The molecule has 0 bridgehead atoms. The number of hydrogen-bond acceptors (Lipinski definition) is 6. The Balaban J connectivity index is 2.58. The zero-order valence-corrected chi connectivity index (χ0v) is 10.9. The van der Waals surface area contributed by atoms with Crippen molar-refractivity contribution in [2.75, 3.05) is 18.2 Å². The molecule has 0 aliphatic rings. The maximum atomic E-state index is 9.14. The first-order valence-corrected chi connectivity index (χ1v) is 6.61. The van der Waals surface area contributed by atoms with E-state index in [0.29, 0.717) is 11.8 Å². The van der Waals surface area contributed by atoms with Gasteiger partial charge in [-0.25, -0.2) is 0 Å². The van der Waals surface area contributed by atoms with Gasteiger partial charge in [-0.05, 0) is 13.2 Å². The fraction of sp³-hybridized carbons (Fsp3) is 0.800. The molecule has 0 saturated carbocycles. The van der Waals surface area contributed by atoms with Crippen LogP contribution in [0.1, 0.15) is 32.5 Å². The molecule has 5 nitrogen and oxygen atoms in total. The minimum absolute atomic E-state index is 0.0838. The normalized spacial score (nSPS) is 15.1. The molecule has 0 aliphatic carbocycles. The zero-order chi connectivity index (χ0) is 12.1. The van der Waals surface area contributed by atoms with E-state index in [4.69, 9.17) is 9.63 Å². The maximum absolute atomic E-state index is 9.14. The molecule has 1 aromatic heterocycles. The molecule has 0 unspecified atom stereocenters. The third-order valence-electron chi connectivity index (χ3n) is 2.35. The number of thioether (sulfide) groups is 1. The molecule has 0 saturated heterocycles. The summed E-state index contributed by atoms with van der Waals surface area (Å²) in [5.74, 6) is 0.947. The molecule has 92 valence electrons. The second-order valence-electron chi connectivity index (χ2n) is 4.00. The number of anilines is 1. The van der Waals surface area contributed by atoms with E-state index < -0.39 is 0 Å². The quantitative estimate of drug-likeness (QED) is 0.795. The van der Waals surface area contributed by atoms with Crippen LogP contribution in [0.15, 0.2) is 4.52 Å². The van der Waals surface area contributed by atoms with E-state index in [-0.39, 0.29) is 23.8 Å². The zero-order valence-electron chi connectivity index (χ0n) is 10.1. The smallest absolute Gasteiger partial charge is 0.321 e. The van der Waals surface area contributed by atoms with Crippen LogP contribution in [0.4, 0.5) is 6.01 Å². The second kappa shape index (κ2) is 6.10. The Kier molecular flexibility index (Phi) is 5.08. The van der Waals surface area contributed by atoms with Crippen LogP contribution in [-0.4, -0.2) is 39.4 Å². The van der Waals surface area contributed by atoms with Gasteiger partial charge in [0.1, 0.15) is 0 Å². The lowest BCUT2D eigenvalue weighted by Gasteiger charge is -2.19. The van der Waals surface area contributed by atoms with Gasteiger partial charge in [-0.1, -0.05) is 19.0 Å². The number of nitrogens with one attached hydrogen (secondary N) is 1. The van der Waals surface area contributed by atoms with Crippen molar-refractivity contribution >= 4 is 17.8 Å². The molecule has 0 fully saturated rings. The van der Waals surface area contributed by atoms with Crippen molar-refractivity contribution in [1.82, 2.24) is 10.1 Å². The van der Waals surface area contributed by atoms with Gasteiger partial charge in [0.15, 0.2) is 5.82 Å². The first-order valence-electron chi connectivity index (χ1n) is 5.32. The molecular formula is C10H19N3O2S. The summed E-state index contributed by atoms with van der Waals surface area (Å²) in [6.45, 7) is 6.13. The standard InChI is InChI=1S/C10H19N3O2S/c1-6(2)9-12-10(15-13-9)11-7(3)8(5-14)16-4/h6-8,14H,5H2,1-4H3,(H,11,12,13)/t7-,8-/m0/s1. The molecule has 2 atom stereocenters. The van der Waals surface area contributed by atoms with E-state index in [0.717, 1.165) is 0 Å². The Morgan fingerprint density at radius 2 is 2.12 bits per heavy atom. The van der Waals surface area contributed by atoms with Crippen LogP contribution in [0.25, 0.3) is 0 Å². The summed E-state index contributed by atoms with van der Waals surface area (Å²) < 4.78 is 5.07. The van der Waals surface area contributed by atoms with Crippen molar-refractivity contribution in [1.29, 1.82) is 0 Å². The van der Waals surface area contributed by atoms with Gasteiger partial charge >= 0.3 is 6.01 Å². The highest BCUT2D eigenvalue weighted by atomic mass is 32.2. The molecule has 1 rings (SSSR count).